The number of aliphatic hydroxyl groups excluding tert-OH is 1. The molecule has 0 fully saturated rings. The van der Waals surface area contributed by atoms with E-state index < -0.39 is 21.5 Å². The zero-order chi connectivity index (χ0) is 20.7. The fourth-order valence-electron chi connectivity index (χ4n) is 3.08. The third-order valence-electron chi connectivity index (χ3n) is 4.78. The van der Waals surface area contributed by atoms with Gasteiger partial charge in [0, 0.05) is 0 Å². The molecule has 28 heavy (non-hydrogen) atoms. The van der Waals surface area contributed by atoms with Gasteiger partial charge in [0.05, 0.1) is 11.4 Å². The largest absolute Gasteiger partial charge is 0.508 e. The first-order chi connectivity index (χ1) is 13.2. The summed E-state index contributed by atoms with van der Waals surface area (Å²) in [6.45, 7) is 1.93. The highest BCUT2D eigenvalue weighted by Gasteiger charge is 2.26. The lowest BCUT2D eigenvalue weighted by atomic mass is 9.91. The Morgan fingerprint density at radius 2 is 1.43 bits per heavy atom. The van der Waals surface area contributed by atoms with Gasteiger partial charge in [0.15, 0.2) is 0 Å². The minimum atomic E-state index is -4.27. The number of hydrogen-bond acceptors (Lipinski definition) is 5. The Morgan fingerprint density at radius 1 is 0.929 bits per heavy atom. The molecule has 4 N–H and O–H groups in total. The number of phenols is 2. The molecule has 7 heteroatoms. The highest BCUT2D eigenvalue weighted by molar-refractivity contribution is 7.86. The van der Waals surface area contributed by atoms with E-state index in [-0.39, 0.29) is 30.3 Å². The van der Waals surface area contributed by atoms with Gasteiger partial charge in [0.25, 0.3) is 10.1 Å². The van der Waals surface area contributed by atoms with E-state index in [2.05, 4.69) is 0 Å². The molecule has 0 heterocycles. The van der Waals surface area contributed by atoms with Gasteiger partial charge in [-0.2, -0.15) is 8.42 Å². The highest BCUT2D eigenvalue weighted by Crippen LogP contribution is 2.29. The number of rotatable bonds is 9. The molecule has 152 valence electrons. The molecule has 0 unspecified atom stereocenters. The van der Waals surface area contributed by atoms with Crippen LogP contribution in [0.25, 0.3) is 0 Å². The lowest BCUT2D eigenvalue weighted by molar-refractivity contribution is 0.228. The summed E-state index contributed by atoms with van der Waals surface area (Å²) in [5, 5.41) is 27.9. The molecular weight excluding hydrogens is 380 g/mol. The normalized spacial score (nSPS) is 15.4. The average Bonchev–Trinajstić information content (AvgIpc) is 2.65. The first-order valence-corrected chi connectivity index (χ1v) is 10.6. The van der Waals surface area contributed by atoms with Crippen molar-refractivity contribution in [2.45, 2.75) is 43.5 Å². The van der Waals surface area contributed by atoms with E-state index in [4.69, 9.17) is 0 Å². The van der Waals surface area contributed by atoms with Crippen LogP contribution in [-0.2, 0) is 10.1 Å². The predicted octanol–water partition coefficient (Wildman–Crippen LogP) is 3.92. The van der Waals surface area contributed by atoms with Crippen LogP contribution in [0.4, 0.5) is 0 Å². The SMILES string of the molecule is CC[C@H](C[C@H](C/C=C/[C@@H](O)c1ccc(O)cc1)S(=O)(=O)O)c1ccc(O)cc1. The maximum absolute atomic E-state index is 11.8. The standard InChI is InChI=1S/C21H26O6S/c1-2-15(16-6-10-18(22)11-7-16)14-20(28(25,26)27)4-3-5-21(24)17-8-12-19(23)13-9-17/h3,5-13,15,20-24H,2,4,14H2,1H3,(H,25,26,27)/b5-3+/t15-,20+,21-/m1/s1. The van der Waals surface area contributed by atoms with Gasteiger partial charge in [-0.1, -0.05) is 43.3 Å². The molecule has 0 saturated heterocycles. The molecule has 0 aliphatic rings. The third-order valence-corrected chi connectivity index (χ3v) is 6.01. The van der Waals surface area contributed by atoms with Crippen molar-refractivity contribution < 1.29 is 28.3 Å². The van der Waals surface area contributed by atoms with Crippen LogP contribution in [0.1, 0.15) is 49.3 Å². The fraction of sp³-hybridized carbons (Fsp3) is 0.333. The number of benzene rings is 2. The number of hydrogen-bond donors (Lipinski definition) is 4. The van der Waals surface area contributed by atoms with Crippen molar-refractivity contribution in [2.75, 3.05) is 0 Å². The summed E-state index contributed by atoms with van der Waals surface area (Å²) < 4.78 is 33.3. The van der Waals surface area contributed by atoms with Crippen LogP contribution in [0, 0.1) is 0 Å². The molecule has 0 radical (unpaired) electrons. The number of phenolic OH excluding ortho intramolecular Hbond substituents is 2. The van der Waals surface area contributed by atoms with Crippen LogP contribution in [0.5, 0.6) is 11.5 Å². The van der Waals surface area contributed by atoms with Crippen molar-refractivity contribution in [1.82, 2.24) is 0 Å². The zero-order valence-electron chi connectivity index (χ0n) is 15.6. The third kappa shape index (κ3) is 6.37. The summed E-state index contributed by atoms with van der Waals surface area (Å²) in [6.07, 6.45) is 3.02. The Labute approximate surface area is 165 Å². The van der Waals surface area contributed by atoms with Crippen molar-refractivity contribution in [3.8, 4) is 11.5 Å². The Morgan fingerprint density at radius 3 is 1.89 bits per heavy atom. The number of allylic oxidation sites excluding steroid dienone is 1. The second kappa shape index (κ2) is 9.73. The second-order valence-corrected chi connectivity index (χ2v) is 8.47. The van der Waals surface area contributed by atoms with Gasteiger partial charge in [-0.3, -0.25) is 4.55 Å². The summed E-state index contributed by atoms with van der Waals surface area (Å²) in [6, 6.07) is 12.6. The predicted molar refractivity (Wildman–Crippen MR) is 108 cm³/mol. The lowest BCUT2D eigenvalue weighted by Gasteiger charge is -2.20. The minimum Gasteiger partial charge on any atom is -0.508 e. The summed E-state index contributed by atoms with van der Waals surface area (Å²) >= 11 is 0. The molecule has 2 rings (SSSR count). The zero-order valence-corrected chi connectivity index (χ0v) is 16.5. The van der Waals surface area contributed by atoms with Crippen molar-refractivity contribution in [2.24, 2.45) is 0 Å². The minimum absolute atomic E-state index is 0.0581. The Kier molecular flexibility index (Phi) is 7.62. The van der Waals surface area contributed by atoms with Crippen LogP contribution < -0.4 is 0 Å². The fourth-order valence-corrected chi connectivity index (χ4v) is 3.91. The smallest absolute Gasteiger partial charge is 0.268 e. The van der Waals surface area contributed by atoms with E-state index in [1.54, 1.807) is 42.5 Å². The summed E-state index contributed by atoms with van der Waals surface area (Å²) in [7, 11) is -4.27. The molecule has 2 aromatic carbocycles. The van der Waals surface area contributed by atoms with Crippen LogP contribution >= 0.6 is 0 Å². The lowest BCUT2D eigenvalue weighted by Crippen LogP contribution is -2.22. The van der Waals surface area contributed by atoms with Gasteiger partial charge in [-0.15, -0.1) is 0 Å². The van der Waals surface area contributed by atoms with Crippen LogP contribution in [0.3, 0.4) is 0 Å². The van der Waals surface area contributed by atoms with Gasteiger partial charge in [0.1, 0.15) is 11.5 Å². The maximum atomic E-state index is 11.8. The Hall–Kier alpha value is -2.35. The Bertz CT molecular complexity index is 872. The van der Waals surface area contributed by atoms with E-state index in [0.717, 1.165) is 5.56 Å². The van der Waals surface area contributed by atoms with E-state index in [0.29, 0.717) is 12.0 Å². The topological polar surface area (TPSA) is 115 Å². The first kappa shape index (κ1) is 21.9. The highest BCUT2D eigenvalue weighted by atomic mass is 32.2. The average molecular weight is 407 g/mol. The molecule has 0 saturated carbocycles. The van der Waals surface area contributed by atoms with E-state index >= 15 is 0 Å². The van der Waals surface area contributed by atoms with Crippen molar-refractivity contribution in [3.05, 3.63) is 71.8 Å². The second-order valence-electron chi connectivity index (χ2n) is 6.77. The molecule has 0 amide bonds. The van der Waals surface area contributed by atoms with Crippen LogP contribution in [0.2, 0.25) is 0 Å². The summed E-state index contributed by atoms with van der Waals surface area (Å²) in [4.78, 5) is 0. The molecule has 6 nitrogen and oxygen atoms in total. The van der Waals surface area contributed by atoms with Gasteiger partial charge in [-0.25, -0.2) is 0 Å². The molecule has 0 aliphatic carbocycles. The number of aromatic hydroxyl groups is 2. The van der Waals surface area contributed by atoms with Gasteiger partial charge in [0.2, 0.25) is 0 Å². The molecular formula is C21H26O6S. The van der Waals surface area contributed by atoms with Crippen molar-refractivity contribution in [3.63, 3.8) is 0 Å². The summed E-state index contributed by atoms with van der Waals surface area (Å²) in [5.74, 6) is 0.130. The van der Waals surface area contributed by atoms with E-state index in [9.17, 15) is 28.3 Å². The van der Waals surface area contributed by atoms with Gasteiger partial charge >= 0.3 is 0 Å². The number of aliphatic hydroxyl groups is 1. The van der Waals surface area contributed by atoms with E-state index in [1.807, 2.05) is 6.92 Å². The molecule has 0 bridgehead atoms. The van der Waals surface area contributed by atoms with E-state index in [1.165, 1.54) is 18.2 Å². The molecule has 0 spiro atoms. The Balaban J connectivity index is 2.08. The molecule has 0 aliphatic heterocycles. The van der Waals surface area contributed by atoms with Crippen molar-refractivity contribution >= 4 is 10.1 Å². The first-order valence-electron chi connectivity index (χ1n) is 9.09. The quantitative estimate of drug-likeness (QED) is 0.371. The van der Waals surface area contributed by atoms with Crippen LogP contribution in [-0.4, -0.2) is 33.5 Å². The molecule has 0 aromatic heterocycles. The summed E-state index contributed by atoms with van der Waals surface area (Å²) in [5.41, 5.74) is 1.45. The van der Waals surface area contributed by atoms with Crippen molar-refractivity contribution in [1.29, 1.82) is 0 Å². The maximum Gasteiger partial charge on any atom is 0.268 e. The van der Waals surface area contributed by atoms with Gasteiger partial charge < -0.3 is 15.3 Å². The van der Waals surface area contributed by atoms with Gasteiger partial charge in [-0.05, 0) is 60.6 Å². The van der Waals surface area contributed by atoms with Crippen LogP contribution in [0.15, 0.2) is 60.7 Å². The monoisotopic (exact) mass is 406 g/mol. The molecule has 3 atom stereocenters. The molecule has 2 aromatic rings.